The maximum atomic E-state index is 11.8. The summed E-state index contributed by atoms with van der Waals surface area (Å²) in [6.45, 7) is 11.7. The van der Waals surface area contributed by atoms with Crippen LogP contribution in [0.1, 0.15) is 54.7 Å². The van der Waals surface area contributed by atoms with Crippen molar-refractivity contribution in [1.82, 2.24) is 0 Å². The maximum absolute atomic E-state index is 11.8. The molecule has 0 radical (unpaired) electrons. The number of carbonyl (C=O) groups is 1. The van der Waals surface area contributed by atoms with Crippen LogP contribution in [0.15, 0.2) is 78.9 Å². The molecule has 3 aromatic carbocycles. The Bertz CT molecular complexity index is 1410. The number of rotatable bonds is 8. The Morgan fingerprint density at radius 1 is 0.881 bits per heavy atom. The average molecular weight is 703 g/mol. The molecule has 11 heteroatoms. The Balaban J connectivity index is 0.000000798. The number of nitrogens with zero attached hydrogens (tertiary/aromatic N) is 2. The number of hydrogen-bond donors (Lipinski definition) is 0. The third-order valence-electron chi connectivity index (χ3n) is 6.97. The summed E-state index contributed by atoms with van der Waals surface area (Å²) in [5.74, 6) is -0.314. The van der Waals surface area contributed by atoms with E-state index < -0.39 is 20.3 Å². The van der Waals surface area contributed by atoms with Gasteiger partial charge in [0.15, 0.2) is 12.3 Å². The van der Waals surface area contributed by atoms with Gasteiger partial charge < -0.3 is 14.3 Å². The standard InChI is InChI=1S/C31H35N2O2.6FH.Sb/c1-6-32(7-2)26-19-14-23(15-20-26)16-21-29-31(3,4)27-10-8-9-11-28(27)33(29)22-24-12-17-25(18-13-24)30(34)35-5;;;;;;;/h8-21H,6-7,22H2,1-5H3;6*1H;/q+1;;;;;;;+5/p-6. The molecule has 1 heterocycles. The number of ether oxygens (including phenoxy) is 1. The van der Waals surface area contributed by atoms with Crippen molar-refractivity contribution in [3.05, 3.63) is 101 Å². The van der Waals surface area contributed by atoms with Gasteiger partial charge in [0.05, 0.1) is 18.1 Å². The first-order valence-electron chi connectivity index (χ1n) is 13.2. The second-order valence-corrected chi connectivity index (χ2v) is 13.7. The van der Waals surface area contributed by atoms with E-state index in [4.69, 9.17) is 4.74 Å². The van der Waals surface area contributed by atoms with E-state index in [0.717, 1.165) is 25.2 Å². The first-order chi connectivity index (χ1) is 19.1. The van der Waals surface area contributed by atoms with E-state index in [0.29, 0.717) is 5.56 Å². The molecular formula is C31H35F6N2O2Sb. The topological polar surface area (TPSA) is 32.5 Å². The number of anilines is 1. The predicted molar refractivity (Wildman–Crippen MR) is 156 cm³/mol. The van der Waals surface area contributed by atoms with E-state index in [2.05, 4.69) is 97.9 Å². The minimum absolute atomic E-state index is 0. The monoisotopic (exact) mass is 702 g/mol. The van der Waals surface area contributed by atoms with E-state index >= 15 is 0 Å². The van der Waals surface area contributed by atoms with Crippen LogP contribution in [-0.2, 0) is 16.7 Å². The van der Waals surface area contributed by atoms with Gasteiger partial charge in [-0.1, -0.05) is 42.5 Å². The van der Waals surface area contributed by atoms with Crippen LogP contribution >= 0.6 is 0 Å². The summed E-state index contributed by atoms with van der Waals surface area (Å²) in [6, 6.07) is 25.1. The number of allylic oxidation sites excluding steroid dienone is 1. The van der Waals surface area contributed by atoms with E-state index in [-0.39, 0.29) is 16.1 Å². The van der Waals surface area contributed by atoms with Crippen LogP contribution in [0.3, 0.4) is 0 Å². The molecule has 0 N–H and O–H groups in total. The molecule has 0 saturated heterocycles. The Morgan fingerprint density at radius 2 is 1.43 bits per heavy atom. The van der Waals surface area contributed by atoms with E-state index in [1.165, 1.54) is 35.3 Å². The van der Waals surface area contributed by atoms with Gasteiger partial charge in [0.2, 0.25) is 5.69 Å². The third-order valence-corrected chi connectivity index (χ3v) is 6.97. The van der Waals surface area contributed by atoms with Crippen molar-refractivity contribution >= 4 is 49.4 Å². The molecule has 0 atom stereocenters. The van der Waals surface area contributed by atoms with Gasteiger partial charge in [-0.15, -0.1) is 0 Å². The van der Waals surface area contributed by atoms with Gasteiger partial charge in [0, 0.05) is 42.0 Å². The van der Waals surface area contributed by atoms with E-state index in [1.54, 1.807) is 0 Å². The molecule has 0 saturated carbocycles. The number of fused-ring (bicyclic) bond motifs is 1. The summed E-state index contributed by atoms with van der Waals surface area (Å²) in [4.78, 5) is 14.2. The first-order valence-corrected chi connectivity index (χ1v) is 18.0. The van der Waals surface area contributed by atoms with Crippen LogP contribution in [0, 0.1) is 0 Å². The van der Waals surface area contributed by atoms with Crippen LogP contribution in [0.25, 0.3) is 6.08 Å². The molecule has 1 aliphatic heterocycles. The second kappa shape index (κ2) is 13.8. The summed E-state index contributed by atoms with van der Waals surface area (Å²) in [7, 11) is 1.41. The molecular weight excluding hydrogens is 668 g/mol. The van der Waals surface area contributed by atoms with Gasteiger partial charge in [-0.2, -0.15) is 4.58 Å². The van der Waals surface area contributed by atoms with Gasteiger partial charge >= 0.3 is 40.3 Å². The van der Waals surface area contributed by atoms with Crippen molar-refractivity contribution in [2.24, 2.45) is 0 Å². The SMILES string of the molecule is CCN(CC)c1ccc(/C=C/C2=[N+](Cc3ccc(C(=O)OC)cc3)c3ccccc3C2(C)C)cc1.[F-].[F][Sb]([F])([F])([F])[F]. The Kier molecular flexibility index (Phi) is 11.5. The fourth-order valence-electron chi connectivity index (χ4n) is 4.92. The third kappa shape index (κ3) is 9.38. The molecule has 1 aliphatic rings. The number of para-hydroxylation sites is 1. The van der Waals surface area contributed by atoms with Crippen LogP contribution in [0.2, 0.25) is 0 Å². The Hall–Kier alpha value is -3.26. The van der Waals surface area contributed by atoms with Gasteiger partial charge in [-0.05, 0) is 63.6 Å². The van der Waals surface area contributed by atoms with E-state index in [1.807, 2.05) is 24.3 Å². The summed E-state index contributed by atoms with van der Waals surface area (Å²) in [5, 5.41) is 0. The van der Waals surface area contributed by atoms with Gasteiger partial charge in [-0.25, -0.2) is 4.79 Å². The van der Waals surface area contributed by atoms with Crippen LogP contribution in [0.5, 0.6) is 0 Å². The van der Waals surface area contributed by atoms with Crippen molar-refractivity contribution < 1.29 is 32.9 Å². The number of halogens is 6. The zero-order chi connectivity index (χ0) is 30.4. The van der Waals surface area contributed by atoms with Gasteiger partial charge in [0.1, 0.15) is 0 Å². The number of methoxy groups -OCH3 is 1. The molecule has 0 bridgehead atoms. The zero-order valence-corrected chi connectivity index (χ0v) is 26.7. The first kappa shape index (κ1) is 34.9. The molecule has 3 aromatic rings. The van der Waals surface area contributed by atoms with Crippen LogP contribution in [-0.4, -0.2) is 56.8 Å². The predicted octanol–water partition coefficient (Wildman–Crippen LogP) is 5.33. The van der Waals surface area contributed by atoms with Crippen molar-refractivity contribution in [3.8, 4) is 0 Å². The van der Waals surface area contributed by atoms with Crippen LogP contribution in [0.4, 0.5) is 25.4 Å². The van der Waals surface area contributed by atoms with Crippen molar-refractivity contribution in [1.29, 1.82) is 0 Å². The fraction of sp³-hybridized carbons (Fsp3) is 0.290. The van der Waals surface area contributed by atoms with Crippen molar-refractivity contribution in [3.63, 3.8) is 0 Å². The quantitative estimate of drug-likeness (QED) is 0.138. The molecule has 4 rings (SSSR count). The summed E-state index contributed by atoms with van der Waals surface area (Å²) in [5.41, 5.74) is 7.82. The normalized spacial score (nSPS) is 14.7. The van der Waals surface area contributed by atoms with Crippen molar-refractivity contribution in [2.75, 3.05) is 25.1 Å². The molecule has 0 aromatic heterocycles. The van der Waals surface area contributed by atoms with Gasteiger partial charge in [0.25, 0.3) is 0 Å². The zero-order valence-electron chi connectivity index (χ0n) is 24.1. The fourth-order valence-corrected chi connectivity index (χ4v) is 4.92. The average Bonchev–Trinajstić information content (AvgIpc) is 3.13. The second-order valence-electron chi connectivity index (χ2n) is 10.0. The molecule has 0 fully saturated rings. The number of carbonyl (C=O) groups excluding carboxylic acids is 1. The number of esters is 1. The van der Waals surface area contributed by atoms with Crippen molar-refractivity contribution in [2.45, 2.75) is 39.7 Å². The minimum atomic E-state index is -9.19. The number of benzene rings is 3. The Labute approximate surface area is 247 Å². The molecule has 42 heavy (non-hydrogen) atoms. The Morgan fingerprint density at radius 3 is 1.95 bits per heavy atom. The molecule has 0 unspecified atom stereocenters. The number of hydrogen-bond acceptors (Lipinski definition) is 3. The summed E-state index contributed by atoms with van der Waals surface area (Å²) in [6.07, 6.45) is 4.47. The summed E-state index contributed by atoms with van der Waals surface area (Å²) >= 11 is -9.19. The van der Waals surface area contributed by atoms with Crippen LogP contribution < -0.4 is 9.60 Å². The summed E-state index contributed by atoms with van der Waals surface area (Å²) < 4.78 is 56.8. The van der Waals surface area contributed by atoms with Gasteiger partial charge in [-0.3, -0.25) is 0 Å². The molecule has 0 aliphatic carbocycles. The van der Waals surface area contributed by atoms with E-state index in [9.17, 15) is 18.9 Å². The molecule has 228 valence electrons. The molecule has 0 spiro atoms. The molecule has 4 nitrogen and oxygen atoms in total. The molecule has 0 amide bonds.